The Bertz CT molecular complexity index is 347. The number of methoxy groups -OCH3 is 1. The zero-order chi connectivity index (χ0) is 11.8. The van der Waals surface area contributed by atoms with Crippen molar-refractivity contribution in [3.8, 4) is 0 Å². The smallest absolute Gasteiger partial charge is 0.0731 e. The minimum absolute atomic E-state index is 0.00134. The average molecular weight is 223 g/mol. The van der Waals surface area contributed by atoms with Crippen molar-refractivity contribution in [2.75, 3.05) is 7.11 Å². The van der Waals surface area contributed by atoms with Crippen molar-refractivity contribution in [1.29, 1.82) is 0 Å². The second-order valence-corrected chi connectivity index (χ2v) is 5.38. The Balaban J connectivity index is 1.90. The second-order valence-electron chi connectivity index (χ2n) is 5.38. The first-order valence-corrected chi connectivity index (χ1v) is 5.76. The van der Waals surface area contributed by atoms with Crippen LogP contribution in [0.5, 0.6) is 0 Å². The van der Waals surface area contributed by atoms with Gasteiger partial charge in [0, 0.05) is 37.0 Å². The van der Waals surface area contributed by atoms with Gasteiger partial charge in [0.25, 0.3) is 0 Å². The van der Waals surface area contributed by atoms with E-state index in [1.54, 1.807) is 13.3 Å². The molecule has 0 spiro atoms. The molecule has 1 saturated carbocycles. The lowest BCUT2D eigenvalue weighted by molar-refractivity contribution is -0.180. The lowest BCUT2D eigenvalue weighted by Gasteiger charge is -2.59. The Morgan fingerprint density at radius 1 is 1.56 bits per heavy atom. The third-order valence-electron chi connectivity index (χ3n) is 4.38. The Labute approximate surface area is 96.8 Å². The van der Waals surface area contributed by atoms with Crippen LogP contribution < -0.4 is 5.32 Å². The first-order valence-electron chi connectivity index (χ1n) is 5.76. The van der Waals surface area contributed by atoms with E-state index in [2.05, 4.69) is 36.3 Å². The molecule has 1 fully saturated rings. The molecule has 90 valence electrons. The van der Waals surface area contributed by atoms with Gasteiger partial charge in [0.15, 0.2) is 0 Å². The van der Waals surface area contributed by atoms with Gasteiger partial charge in [-0.15, -0.1) is 0 Å². The van der Waals surface area contributed by atoms with Gasteiger partial charge in [0.05, 0.1) is 5.60 Å². The van der Waals surface area contributed by atoms with Crippen molar-refractivity contribution in [1.82, 2.24) is 15.5 Å². The van der Waals surface area contributed by atoms with Gasteiger partial charge >= 0.3 is 0 Å². The fraction of sp³-hybridized carbons (Fsp3) is 0.750. The van der Waals surface area contributed by atoms with Crippen LogP contribution in [0, 0.1) is 5.41 Å². The molecule has 0 aromatic carbocycles. The average Bonchev–Trinajstić information content (AvgIpc) is 2.76. The zero-order valence-electron chi connectivity index (χ0n) is 10.5. The fourth-order valence-electron chi connectivity index (χ4n) is 2.44. The first kappa shape index (κ1) is 11.6. The molecular formula is C12H21N3O. The summed E-state index contributed by atoms with van der Waals surface area (Å²) >= 11 is 0. The van der Waals surface area contributed by atoms with Gasteiger partial charge in [0.2, 0.25) is 0 Å². The number of nitrogens with one attached hydrogen (secondary N) is 2. The Hall–Kier alpha value is -0.870. The molecule has 2 rings (SSSR count). The van der Waals surface area contributed by atoms with Crippen LogP contribution in [-0.2, 0) is 11.3 Å². The summed E-state index contributed by atoms with van der Waals surface area (Å²) in [4.78, 5) is 0. The molecule has 4 nitrogen and oxygen atoms in total. The summed E-state index contributed by atoms with van der Waals surface area (Å²) in [5.74, 6) is 0. The molecule has 2 unspecified atom stereocenters. The maximum Gasteiger partial charge on any atom is 0.0731 e. The van der Waals surface area contributed by atoms with Crippen molar-refractivity contribution < 1.29 is 4.74 Å². The van der Waals surface area contributed by atoms with Crippen LogP contribution in [0.1, 0.15) is 32.9 Å². The highest BCUT2D eigenvalue weighted by Crippen LogP contribution is 2.51. The van der Waals surface area contributed by atoms with Crippen LogP contribution in [0.15, 0.2) is 12.3 Å². The van der Waals surface area contributed by atoms with Crippen LogP contribution in [-0.4, -0.2) is 29.0 Å². The predicted molar refractivity (Wildman–Crippen MR) is 63.0 cm³/mol. The van der Waals surface area contributed by atoms with Gasteiger partial charge in [0.1, 0.15) is 0 Å². The topological polar surface area (TPSA) is 49.9 Å². The van der Waals surface area contributed by atoms with Gasteiger partial charge in [-0.25, -0.2) is 0 Å². The SMILES string of the molecule is COC1(C)CC(NCc2ccn[nH]2)C1(C)C. The van der Waals surface area contributed by atoms with Gasteiger partial charge < -0.3 is 10.1 Å². The summed E-state index contributed by atoms with van der Waals surface area (Å²) < 4.78 is 5.60. The third-order valence-corrected chi connectivity index (χ3v) is 4.38. The van der Waals surface area contributed by atoms with E-state index in [1.807, 2.05) is 6.07 Å². The molecule has 2 atom stereocenters. The molecule has 0 bridgehead atoms. The maximum atomic E-state index is 5.60. The number of aromatic amines is 1. The van der Waals surface area contributed by atoms with Gasteiger partial charge in [-0.3, -0.25) is 5.10 Å². The number of ether oxygens (including phenoxy) is 1. The standard InChI is InChI=1S/C12H21N3O/c1-11(2)10(7-12(11,3)16-4)13-8-9-5-6-14-15-9/h5-6,10,13H,7-8H2,1-4H3,(H,14,15). The van der Waals surface area contributed by atoms with E-state index in [4.69, 9.17) is 4.74 Å². The number of aromatic nitrogens is 2. The highest BCUT2D eigenvalue weighted by Gasteiger charge is 2.57. The Morgan fingerprint density at radius 3 is 2.81 bits per heavy atom. The van der Waals surface area contributed by atoms with E-state index < -0.39 is 0 Å². The van der Waals surface area contributed by atoms with Crippen molar-refractivity contribution in [3.05, 3.63) is 18.0 Å². The van der Waals surface area contributed by atoms with Crippen LogP contribution in [0.25, 0.3) is 0 Å². The normalized spacial score (nSPS) is 32.4. The monoisotopic (exact) mass is 223 g/mol. The largest absolute Gasteiger partial charge is 0.378 e. The summed E-state index contributed by atoms with van der Waals surface area (Å²) in [6.07, 6.45) is 2.84. The van der Waals surface area contributed by atoms with Crippen LogP contribution in [0.2, 0.25) is 0 Å². The fourth-order valence-corrected chi connectivity index (χ4v) is 2.44. The summed E-state index contributed by atoms with van der Waals surface area (Å²) in [7, 11) is 1.80. The molecule has 1 aliphatic carbocycles. The Kier molecular flexibility index (Phi) is 2.80. The van der Waals surface area contributed by atoms with Crippen molar-refractivity contribution >= 4 is 0 Å². The molecule has 1 heterocycles. The van der Waals surface area contributed by atoms with E-state index in [-0.39, 0.29) is 11.0 Å². The molecule has 4 heteroatoms. The minimum atomic E-state index is -0.00134. The predicted octanol–water partition coefficient (Wildman–Crippen LogP) is 1.70. The van der Waals surface area contributed by atoms with E-state index in [1.165, 1.54) is 0 Å². The molecule has 0 saturated heterocycles. The van der Waals surface area contributed by atoms with Gasteiger partial charge in [-0.2, -0.15) is 5.10 Å². The molecule has 2 N–H and O–H groups in total. The van der Waals surface area contributed by atoms with E-state index in [0.29, 0.717) is 6.04 Å². The number of rotatable bonds is 4. The molecule has 0 aliphatic heterocycles. The molecular weight excluding hydrogens is 202 g/mol. The number of H-pyrrole nitrogens is 1. The summed E-state index contributed by atoms with van der Waals surface area (Å²) in [6.45, 7) is 7.53. The van der Waals surface area contributed by atoms with Gasteiger partial charge in [-0.1, -0.05) is 13.8 Å². The van der Waals surface area contributed by atoms with Crippen LogP contribution >= 0.6 is 0 Å². The molecule has 1 aromatic heterocycles. The molecule has 0 radical (unpaired) electrons. The second kappa shape index (κ2) is 3.86. The van der Waals surface area contributed by atoms with Crippen molar-refractivity contribution in [2.24, 2.45) is 5.41 Å². The van der Waals surface area contributed by atoms with Crippen LogP contribution in [0.3, 0.4) is 0 Å². The number of hydrogen-bond acceptors (Lipinski definition) is 3. The first-order chi connectivity index (χ1) is 7.49. The molecule has 0 amide bonds. The van der Waals surface area contributed by atoms with Crippen LogP contribution in [0.4, 0.5) is 0 Å². The summed E-state index contributed by atoms with van der Waals surface area (Å²) in [6, 6.07) is 2.49. The molecule has 1 aromatic rings. The quantitative estimate of drug-likeness (QED) is 0.817. The summed E-state index contributed by atoms with van der Waals surface area (Å²) in [5, 5.41) is 10.4. The lowest BCUT2D eigenvalue weighted by atomic mass is 9.56. The highest BCUT2D eigenvalue weighted by atomic mass is 16.5. The van der Waals surface area contributed by atoms with Gasteiger partial charge in [-0.05, 0) is 19.4 Å². The van der Waals surface area contributed by atoms with E-state index in [0.717, 1.165) is 18.7 Å². The lowest BCUT2D eigenvalue weighted by Crippen LogP contribution is -2.67. The third kappa shape index (κ3) is 1.66. The van der Waals surface area contributed by atoms with E-state index >= 15 is 0 Å². The van der Waals surface area contributed by atoms with E-state index in [9.17, 15) is 0 Å². The number of hydrogen-bond donors (Lipinski definition) is 2. The Morgan fingerprint density at radius 2 is 2.31 bits per heavy atom. The summed E-state index contributed by atoms with van der Waals surface area (Å²) in [5.41, 5.74) is 1.29. The minimum Gasteiger partial charge on any atom is -0.378 e. The molecule has 16 heavy (non-hydrogen) atoms. The zero-order valence-corrected chi connectivity index (χ0v) is 10.5. The maximum absolute atomic E-state index is 5.60. The number of nitrogens with zero attached hydrogens (tertiary/aromatic N) is 1. The highest BCUT2D eigenvalue weighted by molar-refractivity contribution is 5.12. The van der Waals surface area contributed by atoms with Crippen molar-refractivity contribution in [2.45, 2.75) is 45.4 Å². The molecule has 1 aliphatic rings. The van der Waals surface area contributed by atoms with Crippen molar-refractivity contribution in [3.63, 3.8) is 0 Å².